The third-order valence-corrected chi connectivity index (χ3v) is 3.00. The Morgan fingerprint density at radius 3 is 2.80 bits per heavy atom. The van der Waals surface area contributed by atoms with E-state index < -0.39 is 5.82 Å². The summed E-state index contributed by atoms with van der Waals surface area (Å²) in [5.41, 5.74) is 6.70. The van der Waals surface area contributed by atoms with Crippen molar-refractivity contribution in [2.45, 2.75) is 6.61 Å². The number of rotatable bonds is 4. The molecule has 0 radical (unpaired) electrons. The van der Waals surface area contributed by atoms with E-state index in [0.29, 0.717) is 21.9 Å². The van der Waals surface area contributed by atoms with E-state index in [2.05, 4.69) is 5.16 Å². The van der Waals surface area contributed by atoms with Gasteiger partial charge in [0.25, 0.3) is 0 Å². The molecule has 3 N–H and O–H groups in total. The molecule has 0 unspecified atom stereocenters. The second-order valence-electron chi connectivity index (χ2n) is 4.04. The molecule has 2 rings (SSSR count). The molecule has 2 aromatic rings. The highest BCUT2D eigenvalue weighted by atomic mass is 35.5. The molecule has 0 fully saturated rings. The van der Waals surface area contributed by atoms with Gasteiger partial charge in [0.2, 0.25) is 0 Å². The average Bonchev–Trinajstić information content (AvgIpc) is 2.46. The topological polar surface area (TPSA) is 67.8 Å². The highest BCUT2D eigenvalue weighted by molar-refractivity contribution is 6.31. The maximum atomic E-state index is 12.9. The third kappa shape index (κ3) is 3.39. The van der Waals surface area contributed by atoms with Crippen LogP contribution in [0.1, 0.15) is 11.1 Å². The molecule has 6 heteroatoms. The fourth-order valence-corrected chi connectivity index (χ4v) is 1.82. The van der Waals surface area contributed by atoms with Crippen LogP contribution in [0.4, 0.5) is 4.39 Å². The first-order valence-corrected chi connectivity index (χ1v) is 6.12. The molecule has 104 valence electrons. The molecule has 0 spiro atoms. The Labute approximate surface area is 120 Å². The van der Waals surface area contributed by atoms with Crippen LogP contribution in [0.5, 0.6) is 5.75 Å². The molecule has 0 atom stereocenters. The smallest absolute Gasteiger partial charge is 0.170 e. The van der Waals surface area contributed by atoms with E-state index >= 15 is 0 Å². The van der Waals surface area contributed by atoms with E-state index in [0.717, 1.165) is 0 Å². The lowest BCUT2D eigenvalue weighted by atomic mass is 10.2. The Balaban J connectivity index is 2.11. The summed E-state index contributed by atoms with van der Waals surface area (Å²) in [6.45, 7) is 0.193. The third-order valence-electron chi connectivity index (χ3n) is 2.65. The Morgan fingerprint density at radius 2 is 2.10 bits per heavy atom. The SMILES string of the molecule is N/C(=N\O)c1cccc(OCc2ccc(F)cc2Cl)c1. The zero-order valence-electron chi connectivity index (χ0n) is 10.4. The highest BCUT2D eigenvalue weighted by Crippen LogP contribution is 2.20. The van der Waals surface area contributed by atoms with E-state index in [4.69, 9.17) is 27.3 Å². The van der Waals surface area contributed by atoms with Crippen molar-refractivity contribution in [1.82, 2.24) is 0 Å². The number of oxime groups is 1. The second kappa shape index (κ2) is 6.25. The molecule has 0 heterocycles. The molecular formula is C14H12ClFN2O2. The van der Waals surface area contributed by atoms with Crippen LogP contribution in [0.2, 0.25) is 5.02 Å². The van der Waals surface area contributed by atoms with Crippen molar-refractivity contribution in [2.24, 2.45) is 10.9 Å². The first kappa shape index (κ1) is 14.1. The number of hydrogen-bond acceptors (Lipinski definition) is 3. The minimum absolute atomic E-state index is 0.00438. The fourth-order valence-electron chi connectivity index (χ4n) is 1.60. The summed E-state index contributed by atoms with van der Waals surface area (Å²) >= 11 is 5.91. The number of amidine groups is 1. The number of nitrogens with two attached hydrogens (primary N) is 1. The van der Waals surface area contributed by atoms with Crippen LogP contribution in [0.15, 0.2) is 47.6 Å². The molecule has 0 bridgehead atoms. The summed E-state index contributed by atoms with van der Waals surface area (Å²) in [4.78, 5) is 0. The first-order valence-electron chi connectivity index (χ1n) is 5.75. The van der Waals surface area contributed by atoms with Crippen LogP contribution in [0.3, 0.4) is 0 Å². The summed E-state index contributed by atoms with van der Waals surface area (Å²) < 4.78 is 18.5. The maximum absolute atomic E-state index is 12.9. The van der Waals surface area contributed by atoms with Crippen molar-refractivity contribution in [3.05, 3.63) is 64.4 Å². The van der Waals surface area contributed by atoms with E-state index in [9.17, 15) is 4.39 Å². The number of nitrogens with zero attached hydrogens (tertiary/aromatic N) is 1. The van der Waals surface area contributed by atoms with Crippen molar-refractivity contribution in [1.29, 1.82) is 0 Å². The van der Waals surface area contributed by atoms with Gasteiger partial charge in [0.15, 0.2) is 5.84 Å². The lowest BCUT2D eigenvalue weighted by molar-refractivity contribution is 0.306. The van der Waals surface area contributed by atoms with Crippen LogP contribution in [0, 0.1) is 5.82 Å². The van der Waals surface area contributed by atoms with Gasteiger partial charge in [0.1, 0.15) is 18.2 Å². The van der Waals surface area contributed by atoms with Crippen LogP contribution < -0.4 is 10.5 Å². The monoisotopic (exact) mass is 294 g/mol. The molecular weight excluding hydrogens is 283 g/mol. The van der Waals surface area contributed by atoms with Gasteiger partial charge < -0.3 is 15.7 Å². The van der Waals surface area contributed by atoms with E-state index in [-0.39, 0.29) is 12.4 Å². The first-order chi connectivity index (χ1) is 9.60. The van der Waals surface area contributed by atoms with Crippen molar-refractivity contribution in [3.8, 4) is 5.75 Å². The van der Waals surface area contributed by atoms with Gasteiger partial charge in [0, 0.05) is 11.1 Å². The predicted molar refractivity (Wildman–Crippen MR) is 74.7 cm³/mol. The van der Waals surface area contributed by atoms with Crippen LogP contribution in [-0.2, 0) is 6.61 Å². The molecule has 0 amide bonds. The highest BCUT2D eigenvalue weighted by Gasteiger charge is 2.05. The Kier molecular flexibility index (Phi) is 4.42. The minimum Gasteiger partial charge on any atom is -0.489 e. The molecule has 0 aliphatic carbocycles. The molecule has 0 saturated heterocycles. The van der Waals surface area contributed by atoms with Gasteiger partial charge >= 0.3 is 0 Å². The Hall–Kier alpha value is -2.27. The molecule has 0 aliphatic heterocycles. The number of hydrogen-bond donors (Lipinski definition) is 2. The number of benzene rings is 2. The van der Waals surface area contributed by atoms with Gasteiger partial charge in [0.05, 0.1) is 5.02 Å². The largest absolute Gasteiger partial charge is 0.489 e. The van der Waals surface area contributed by atoms with Crippen molar-refractivity contribution in [3.63, 3.8) is 0 Å². The lowest BCUT2D eigenvalue weighted by Crippen LogP contribution is -2.12. The van der Waals surface area contributed by atoms with E-state index in [1.807, 2.05) is 0 Å². The van der Waals surface area contributed by atoms with Crippen molar-refractivity contribution >= 4 is 17.4 Å². The molecule has 20 heavy (non-hydrogen) atoms. The van der Waals surface area contributed by atoms with Gasteiger partial charge in [-0.3, -0.25) is 0 Å². The molecule has 0 saturated carbocycles. The quantitative estimate of drug-likeness (QED) is 0.394. The fraction of sp³-hybridized carbons (Fsp3) is 0.0714. The van der Waals surface area contributed by atoms with Gasteiger partial charge in [-0.1, -0.05) is 35.0 Å². The van der Waals surface area contributed by atoms with Crippen molar-refractivity contribution < 1.29 is 14.3 Å². The number of ether oxygens (including phenoxy) is 1. The van der Waals surface area contributed by atoms with Crippen LogP contribution in [0.25, 0.3) is 0 Å². The average molecular weight is 295 g/mol. The molecule has 4 nitrogen and oxygen atoms in total. The van der Waals surface area contributed by atoms with E-state index in [1.165, 1.54) is 12.1 Å². The maximum Gasteiger partial charge on any atom is 0.170 e. The zero-order chi connectivity index (χ0) is 14.5. The summed E-state index contributed by atoms with van der Waals surface area (Å²) in [6, 6.07) is 10.9. The summed E-state index contributed by atoms with van der Waals surface area (Å²) in [5, 5.41) is 11.8. The normalized spacial score (nSPS) is 11.4. The van der Waals surface area contributed by atoms with Crippen LogP contribution in [-0.4, -0.2) is 11.0 Å². The van der Waals surface area contributed by atoms with Crippen LogP contribution >= 0.6 is 11.6 Å². The molecule has 2 aromatic carbocycles. The standard InChI is InChI=1S/C14H12ClFN2O2/c15-13-7-11(16)5-4-10(13)8-20-12-3-1-2-9(6-12)14(17)18-19/h1-7,19H,8H2,(H2,17,18). The molecule has 0 aliphatic rings. The lowest BCUT2D eigenvalue weighted by Gasteiger charge is -2.09. The minimum atomic E-state index is -0.396. The summed E-state index contributed by atoms with van der Waals surface area (Å²) in [6.07, 6.45) is 0. The Morgan fingerprint density at radius 1 is 1.30 bits per heavy atom. The number of halogens is 2. The van der Waals surface area contributed by atoms with Crippen molar-refractivity contribution in [2.75, 3.05) is 0 Å². The Bertz CT molecular complexity index is 647. The van der Waals surface area contributed by atoms with Gasteiger partial charge in [-0.15, -0.1) is 0 Å². The zero-order valence-corrected chi connectivity index (χ0v) is 11.1. The summed E-state index contributed by atoms with van der Waals surface area (Å²) in [5.74, 6) is 0.137. The van der Waals surface area contributed by atoms with Gasteiger partial charge in [-0.05, 0) is 24.3 Å². The van der Waals surface area contributed by atoms with Gasteiger partial charge in [-0.25, -0.2) is 4.39 Å². The van der Waals surface area contributed by atoms with Gasteiger partial charge in [-0.2, -0.15) is 0 Å². The van der Waals surface area contributed by atoms with E-state index in [1.54, 1.807) is 30.3 Å². The predicted octanol–water partition coefficient (Wildman–Crippen LogP) is 3.15. The summed E-state index contributed by atoms with van der Waals surface area (Å²) in [7, 11) is 0. The second-order valence-corrected chi connectivity index (χ2v) is 4.44. The molecule has 0 aromatic heterocycles.